The molecule has 98 valence electrons. The molecule has 4 amide bonds. The third kappa shape index (κ3) is 1.41. The van der Waals surface area contributed by atoms with Gasteiger partial charge in [0.25, 0.3) is 0 Å². The summed E-state index contributed by atoms with van der Waals surface area (Å²) in [5.74, 6) is -0.779. The van der Waals surface area contributed by atoms with Crippen LogP contribution in [0.2, 0.25) is 0 Å². The Kier molecular flexibility index (Phi) is 2.29. The van der Waals surface area contributed by atoms with E-state index in [9.17, 15) is 14.4 Å². The summed E-state index contributed by atoms with van der Waals surface area (Å²) in [7, 11) is 0. The van der Waals surface area contributed by atoms with Crippen LogP contribution in [-0.4, -0.2) is 41.5 Å². The molecule has 18 heavy (non-hydrogen) atoms. The molecule has 1 unspecified atom stereocenters. The van der Waals surface area contributed by atoms with Gasteiger partial charge in [0.1, 0.15) is 5.41 Å². The summed E-state index contributed by atoms with van der Waals surface area (Å²) >= 11 is 0. The van der Waals surface area contributed by atoms with E-state index in [0.717, 1.165) is 12.8 Å². The summed E-state index contributed by atoms with van der Waals surface area (Å²) in [4.78, 5) is 37.3. The zero-order chi connectivity index (χ0) is 13.0. The van der Waals surface area contributed by atoms with Crippen LogP contribution >= 0.6 is 0 Å². The molecule has 1 aliphatic carbocycles. The van der Waals surface area contributed by atoms with Gasteiger partial charge in [0.15, 0.2) is 0 Å². The van der Waals surface area contributed by atoms with Crippen LogP contribution in [0.25, 0.3) is 0 Å². The van der Waals surface area contributed by atoms with Gasteiger partial charge in [-0.15, -0.1) is 0 Å². The second-order valence-corrected chi connectivity index (χ2v) is 5.64. The van der Waals surface area contributed by atoms with Gasteiger partial charge in [-0.2, -0.15) is 0 Å². The topological polar surface area (TPSA) is 75.7 Å². The molecule has 3 fully saturated rings. The van der Waals surface area contributed by atoms with Gasteiger partial charge in [-0.05, 0) is 32.6 Å². The molecule has 0 radical (unpaired) electrons. The lowest BCUT2D eigenvalue weighted by atomic mass is 9.89. The molecule has 2 saturated heterocycles. The first-order chi connectivity index (χ1) is 8.50. The summed E-state index contributed by atoms with van der Waals surface area (Å²) in [6, 6.07) is -0.601. The molecular weight excluding hydrogens is 236 g/mol. The Morgan fingerprint density at radius 1 is 1.22 bits per heavy atom. The Morgan fingerprint density at radius 3 is 2.50 bits per heavy atom. The lowest BCUT2D eigenvalue weighted by Gasteiger charge is -2.45. The SMILES string of the molecule is CC1(N2C(=O)NC(=O)C3(CC3)C2=O)CCCOC1. The van der Waals surface area contributed by atoms with Gasteiger partial charge in [0.2, 0.25) is 11.8 Å². The average molecular weight is 252 g/mol. The van der Waals surface area contributed by atoms with E-state index in [-0.39, 0.29) is 5.91 Å². The van der Waals surface area contributed by atoms with E-state index in [1.165, 1.54) is 4.90 Å². The minimum atomic E-state index is -0.964. The van der Waals surface area contributed by atoms with Crippen molar-refractivity contribution in [1.29, 1.82) is 0 Å². The molecule has 0 aromatic heterocycles. The van der Waals surface area contributed by atoms with E-state index in [1.807, 2.05) is 6.92 Å². The quantitative estimate of drug-likeness (QED) is 0.686. The fraction of sp³-hybridized carbons (Fsp3) is 0.750. The number of nitrogens with zero attached hydrogens (tertiary/aromatic N) is 1. The highest BCUT2D eigenvalue weighted by molar-refractivity contribution is 6.21. The predicted octanol–water partition coefficient (Wildman–Crippen LogP) is 0.414. The minimum Gasteiger partial charge on any atom is -0.379 e. The van der Waals surface area contributed by atoms with Crippen molar-refractivity contribution in [2.24, 2.45) is 5.41 Å². The Bertz CT molecular complexity index is 435. The second kappa shape index (κ2) is 3.54. The van der Waals surface area contributed by atoms with Gasteiger partial charge >= 0.3 is 6.03 Å². The molecule has 1 saturated carbocycles. The standard InChI is InChI=1S/C12H16N2O4/c1-11(3-2-6-18-7-11)14-9(16)12(4-5-12)8(15)13-10(14)17/h2-7H2,1H3,(H,13,15,17). The maximum absolute atomic E-state index is 12.4. The molecule has 6 heteroatoms. The Morgan fingerprint density at radius 2 is 1.94 bits per heavy atom. The number of hydrogen-bond acceptors (Lipinski definition) is 4. The van der Waals surface area contributed by atoms with E-state index in [4.69, 9.17) is 4.74 Å². The van der Waals surface area contributed by atoms with E-state index < -0.39 is 22.9 Å². The largest absolute Gasteiger partial charge is 0.379 e. The number of amides is 4. The number of ether oxygens (including phenoxy) is 1. The van der Waals surface area contributed by atoms with Crippen molar-refractivity contribution in [2.75, 3.05) is 13.2 Å². The van der Waals surface area contributed by atoms with E-state index in [2.05, 4.69) is 5.32 Å². The number of hydrogen-bond donors (Lipinski definition) is 1. The first-order valence-electron chi connectivity index (χ1n) is 6.27. The molecule has 1 N–H and O–H groups in total. The number of rotatable bonds is 1. The fourth-order valence-corrected chi connectivity index (χ4v) is 2.83. The summed E-state index contributed by atoms with van der Waals surface area (Å²) in [5, 5.41) is 2.31. The summed E-state index contributed by atoms with van der Waals surface area (Å²) in [6.07, 6.45) is 2.61. The number of urea groups is 1. The van der Waals surface area contributed by atoms with Crippen LogP contribution in [0.1, 0.15) is 32.6 Å². The van der Waals surface area contributed by atoms with E-state index in [1.54, 1.807) is 0 Å². The number of carbonyl (C=O) groups is 3. The molecular formula is C12H16N2O4. The zero-order valence-corrected chi connectivity index (χ0v) is 10.3. The third-order valence-corrected chi connectivity index (χ3v) is 4.18. The van der Waals surface area contributed by atoms with Crippen LogP contribution in [0.3, 0.4) is 0 Å². The molecule has 6 nitrogen and oxygen atoms in total. The summed E-state index contributed by atoms with van der Waals surface area (Å²) in [5.41, 5.74) is -1.59. The molecule has 3 aliphatic rings. The average Bonchev–Trinajstić information content (AvgIpc) is 3.08. The molecule has 2 heterocycles. The lowest BCUT2D eigenvalue weighted by Crippen LogP contribution is -2.67. The number of barbiturate groups is 1. The molecule has 2 aliphatic heterocycles. The maximum Gasteiger partial charge on any atom is 0.331 e. The van der Waals surface area contributed by atoms with Gasteiger partial charge in [0.05, 0.1) is 12.1 Å². The monoisotopic (exact) mass is 252 g/mol. The Hall–Kier alpha value is -1.43. The minimum absolute atomic E-state index is 0.343. The van der Waals surface area contributed by atoms with Gasteiger partial charge in [0, 0.05) is 6.61 Å². The Labute approximate surface area is 105 Å². The summed E-state index contributed by atoms with van der Waals surface area (Å²) in [6.45, 7) is 2.84. The summed E-state index contributed by atoms with van der Waals surface area (Å²) < 4.78 is 5.39. The van der Waals surface area contributed by atoms with Crippen molar-refractivity contribution in [1.82, 2.24) is 10.2 Å². The first kappa shape index (κ1) is 11.6. The number of nitrogens with one attached hydrogen (secondary N) is 1. The van der Waals surface area contributed by atoms with Crippen LogP contribution in [0, 0.1) is 5.41 Å². The molecule has 0 aromatic carbocycles. The van der Waals surface area contributed by atoms with Crippen molar-refractivity contribution in [3.8, 4) is 0 Å². The lowest BCUT2D eigenvalue weighted by molar-refractivity contribution is -0.152. The molecule has 3 rings (SSSR count). The fourth-order valence-electron chi connectivity index (χ4n) is 2.83. The number of carbonyl (C=O) groups excluding carboxylic acids is 3. The highest BCUT2D eigenvalue weighted by atomic mass is 16.5. The van der Waals surface area contributed by atoms with Crippen LogP contribution < -0.4 is 5.32 Å². The second-order valence-electron chi connectivity index (χ2n) is 5.64. The van der Waals surface area contributed by atoms with Gasteiger partial charge in [-0.1, -0.05) is 0 Å². The van der Waals surface area contributed by atoms with Crippen molar-refractivity contribution >= 4 is 17.8 Å². The number of imide groups is 2. The van der Waals surface area contributed by atoms with Crippen LogP contribution in [0.5, 0.6) is 0 Å². The van der Waals surface area contributed by atoms with Crippen molar-refractivity contribution < 1.29 is 19.1 Å². The molecule has 0 bridgehead atoms. The van der Waals surface area contributed by atoms with Gasteiger partial charge in [-0.3, -0.25) is 19.8 Å². The molecule has 0 aromatic rings. The Balaban J connectivity index is 1.93. The van der Waals surface area contributed by atoms with Crippen molar-refractivity contribution in [3.05, 3.63) is 0 Å². The van der Waals surface area contributed by atoms with Crippen molar-refractivity contribution in [3.63, 3.8) is 0 Å². The zero-order valence-electron chi connectivity index (χ0n) is 10.3. The maximum atomic E-state index is 12.4. The van der Waals surface area contributed by atoms with E-state index >= 15 is 0 Å². The van der Waals surface area contributed by atoms with Crippen LogP contribution in [0.4, 0.5) is 4.79 Å². The molecule has 1 atom stereocenters. The van der Waals surface area contributed by atoms with Gasteiger partial charge < -0.3 is 4.74 Å². The van der Waals surface area contributed by atoms with Gasteiger partial charge in [-0.25, -0.2) is 4.79 Å². The molecule has 1 spiro atoms. The van der Waals surface area contributed by atoms with Crippen LogP contribution in [0.15, 0.2) is 0 Å². The van der Waals surface area contributed by atoms with Crippen molar-refractivity contribution in [2.45, 2.75) is 38.1 Å². The van der Waals surface area contributed by atoms with Crippen LogP contribution in [-0.2, 0) is 14.3 Å². The third-order valence-electron chi connectivity index (χ3n) is 4.18. The smallest absolute Gasteiger partial charge is 0.331 e. The normalized spacial score (nSPS) is 34.7. The van der Waals surface area contributed by atoms with E-state index in [0.29, 0.717) is 26.1 Å². The highest BCUT2D eigenvalue weighted by Crippen LogP contribution is 2.50. The predicted molar refractivity (Wildman–Crippen MR) is 60.5 cm³/mol. The highest BCUT2D eigenvalue weighted by Gasteiger charge is 2.64. The first-order valence-corrected chi connectivity index (χ1v) is 6.27.